The second-order valence-corrected chi connectivity index (χ2v) is 5.31. The van der Waals surface area contributed by atoms with Gasteiger partial charge >= 0.3 is 11.9 Å². The number of carbonyl (C=O) groups excluding carboxylic acids is 2. The molecule has 0 saturated carbocycles. The van der Waals surface area contributed by atoms with Crippen LogP contribution in [0, 0.1) is 0 Å². The number of methoxy groups -OCH3 is 2. The number of hydrogen-bond donors (Lipinski definition) is 1. The van der Waals surface area contributed by atoms with Crippen molar-refractivity contribution < 1.29 is 28.9 Å². The Labute approximate surface area is 146 Å². The van der Waals surface area contributed by atoms with E-state index in [1.807, 2.05) is 0 Å². The van der Waals surface area contributed by atoms with Gasteiger partial charge in [0.05, 0.1) is 19.8 Å². The van der Waals surface area contributed by atoms with Crippen LogP contribution in [0.2, 0.25) is 0 Å². The number of phenols is 1. The first-order valence-electron chi connectivity index (χ1n) is 7.73. The summed E-state index contributed by atoms with van der Waals surface area (Å²) in [5.74, 6) is -0.179. The molecular formula is C19H20O6. The van der Waals surface area contributed by atoms with Gasteiger partial charge in [0, 0.05) is 12.0 Å². The molecule has 0 saturated heterocycles. The summed E-state index contributed by atoms with van der Waals surface area (Å²) < 4.78 is 15.0. The van der Waals surface area contributed by atoms with Crippen molar-refractivity contribution in [2.45, 2.75) is 19.4 Å². The van der Waals surface area contributed by atoms with Crippen LogP contribution in [0.15, 0.2) is 42.5 Å². The lowest BCUT2D eigenvalue weighted by Gasteiger charge is -2.13. The summed E-state index contributed by atoms with van der Waals surface area (Å²) in [5, 5.41) is 10.0. The van der Waals surface area contributed by atoms with Crippen molar-refractivity contribution in [1.29, 1.82) is 0 Å². The standard InChI is InChI=1S/C19H20O6/c1-23-18(21)11-10-15-16(20)4-3-5-17(15)25-12-13-6-8-14(9-7-13)19(22)24-2/h3-9,20H,10-12H2,1-2H3. The number of carbonyl (C=O) groups is 2. The molecule has 0 spiro atoms. The van der Waals surface area contributed by atoms with Gasteiger partial charge < -0.3 is 19.3 Å². The first kappa shape index (κ1) is 18.3. The van der Waals surface area contributed by atoms with Crippen LogP contribution in [-0.4, -0.2) is 31.3 Å². The van der Waals surface area contributed by atoms with Crippen molar-refractivity contribution in [2.24, 2.45) is 0 Å². The molecule has 132 valence electrons. The molecule has 0 aliphatic rings. The van der Waals surface area contributed by atoms with E-state index in [0.29, 0.717) is 23.3 Å². The van der Waals surface area contributed by atoms with Crippen LogP contribution < -0.4 is 4.74 Å². The van der Waals surface area contributed by atoms with E-state index in [9.17, 15) is 14.7 Å². The minimum absolute atomic E-state index is 0.0717. The van der Waals surface area contributed by atoms with Crippen molar-refractivity contribution in [3.05, 3.63) is 59.2 Å². The largest absolute Gasteiger partial charge is 0.508 e. The highest BCUT2D eigenvalue weighted by Gasteiger charge is 2.12. The van der Waals surface area contributed by atoms with Gasteiger partial charge in [-0.15, -0.1) is 0 Å². The Morgan fingerprint density at radius 1 is 1.00 bits per heavy atom. The Bertz CT molecular complexity index is 736. The Kier molecular flexibility index (Phi) is 6.39. The third-order valence-electron chi connectivity index (χ3n) is 3.68. The molecule has 0 atom stereocenters. The van der Waals surface area contributed by atoms with Crippen LogP contribution in [0.5, 0.6) is 11.5 Å². The quantitative estimate of drug-likeness (QED) is 0.778. The minimum atomic E-state index is -0.398. The molecule has 2 aromatic rings. The third-order valence-corrected chi connectivity index (χ3v) is 3.68. The summed E-state index contributed by atoms with van der Waals surface area (Å²) >= 11 is 0. The second-order valence-electron chi connectivity index (χ2n) is 5.31. The normalized spacial score (nSPS) is 10.2. The molecule has 0 aromatic heterocycles. The van der Waals surface area contributed by atoms with Crippen LogP contribution in [0.4, 0.5) is 0 Å². The number of benzene rings is 2. The van der Waals surface area contributed by atoms with E-state index in [-0.39, 0.29) is 24.7 Å². The first-order chi connectivity index (χ1) is 12.0. The molecule has 1 N–H and O–H groups in total. The fourth-order valence-electron chi connectivity index (χ4n) is 2.29. The van der Waals surface area contributed by atoms with Crippen molar-refractivity contribution >= 4 is 11.9 Å². The molecule has 2 aromatic carbocycles. The fraction of sp³-hybridized carbons (Fsp3) is 0.263. The molecule has 0 unspecified atom stereocenters. The van der Waals surface area contributed by atoms with Gasteiger partial charge in [0.25, 0.3) is 0 Å². The Morgan fingerprint density at radius 3 is 2.36 bits per heavy atom. The average Bonchev–Trinajstić information content (AvgIpc) is 2.65. The SMILES string of the molecule is COC(=O)CCc1c(O)cccc1OCc1ccc(C(=O)OC)cc1. The molecule has 0 aliphatic heterocycles. The lowest BCUT2D eigenvalue weighted by molar-refractivity contribution is -0.140. The summed E-state index contributed by atoms with van der Waals surface area (Å²) in [6.45, 7) is 0.260. The van der Waals surface area contributed by atoms with E-state index in [2.05, 4.69) is 9.47 Å². The number of hydrogen-bond acceptors (Lipinski definition) is 6. The summed E-state index contributed by atoms with van der Waals surface area (Å²) in [6.07, 6.45) is 0.466. The van der Waals surface area contributed by atoms with E-state index in [1.54, 1.807) is 42.5 Å². The van der Waals surface area contributed by atoms with Crippen LogP contribution in [0.3, 0.4) is 0 Å². The van der Waals surface area contributed by atoms with Crippen molar-refractivity contribution in [1.82, 2.24) is 0 Å². The van der Waals surface area contributed by atoms with Gasteiger partial charge in [0.2, 0.25) is 0 Å². The Balaban J connectivity index is 2.06. The lowest BCUT2D eigenvalue weighted by Crippen LogP contribution is -2.05. The van der Waals surface area contributed by atoms with E-state index < -0.39 is 5.97 Å². The van der Waals surface area contributed by atoms with Crippen LogP contribution in [0.1, 0.15) is 27.9 Å². The van der Waals surface area contributed by atoms with Gasteiger partial charge in [-0.1, -0.05) is 18.2 Å². The Morgan fingerprint density at radius 2 is 1.72 bits per heavy atom. The zero-order chi connectivity index (χ0) is 18.2. The van der Waals surface area contributed by atoms with Gasteiger partial charge in [-0.2, -0.15) is 0 Å². The van der Waals surface area contributed by atoms with Gasteiger partial charge in [0.1, 0.15) is 18.1 Å². The van der Waals surface area contributed by atoms with Crippen molar-refractivity contribution in [3.8, 4) is 11.5 Å². The van der Waals surface area contributed by atoms with Crippen LogP contribution in [-0.2, 0) is 27.3 Å². The number of ether oxygens (including phenoxy) is 3. The summed E-state index contributed by atoms with van der Waals surface area (Å²) in [5.41, 5.74) is 1.87. The lowest BCUT2D eigenvalue weighted by atomic mass is 10.1. The molecule has 0 fully saturated rings. The summed E-state index contributed by atoms with van der Waals surface area (Å²) in [6, 6.07) is 11.8. The van der Waals surface area contributed by atoms with Crippen molar-refractivity contribution in [2.75, 3.05) is 14.2 Å². The van der Waals surface area contributed by atoms with Crippen LogP contribution in [0.25, 0.3) is 0 Å². The number of aromatic hydroxyl groups is 1. The Hall–Kier alpha value is -3.02. The molecule has 0 radical (unpaired) electrons. The van der Waals surface area contributed by atoms with E-state index in [1.165, 1.54) is 14.2 Å². The summed E-state index contributed by atoms with van der Waals surface area (Å²) in [4.78, 5) is 22.7. The number of phenolic OH excluding ortho intramolecular Hbond substituents is 1. The van der Waals surface area contributed by atoms with Gasteiger partial charge in [0.15, 0.2) is 0 Å². The minimum Gasteiger partial charge on any atom is -0.508 e. The van der Waals surface area contributed by atoms with E-state index >= 15 is 0 Å². The molecular weight excluding hydrogens is 324 g/mol. The van der Waals surface area contributed by atoms with Crippen LogP contribution >= 0.6 is 0 Å². The molecule has 6 heteroatoms. The zero-order valence-corrected chi connectivity index (χ0v) is 14.2. The van der Waals surface area contributed by atoms with Gasteiger partial charge in [-0.05, 0) is 36.2 Å². The zero-order valence-electron chi connectivity index (χ0n) is 14.2. The topological polar surface area (TPSA) is 82.1 Å². The maximum atomic E-state index is 11.4. The molecule has 0 aliphatic carbocycles. The molecule has 0 amide bonds. The van der Waals surface area contributed by atoms with E-state index in [0.717, 1.165) is 5.56 Å². The second kappa shape index (κ2) is 8.73. The fourth-order valence-corrected chi connectivity index (χ4v) is 2.29. The molecule has 0 heterocycles. The number of rotatable bonds is 7. The molecule has 0 bridgehead atoms. The third kappa shape index (κ3) is 4.97. The van der Waals surface area contributed by atoms with E-state index in [4.69, 9.17) is 4.74 Å². The van der Waals surface area contributed by atoms with Crippen molar-refractivity contribution in [3.63, 3.8) is 0 Å². The molecule has 2 rings (SSSR count). The smallest absolute Gasteiger partial charge is 0.337 e. The highest BCUT2D eigenvalue weighted by Crippen LogP contribution is 2.29. The van der Waals surface area contributed by atoms with Gasteiger partial charge in [-0.3, -0.25) is 4.79 Å². The first-order valence-corrected chi connectivity index (χ1v) is 7.73. The molecule has 25 heavy (non-hydrogen) atoms. The summed E-state index contributed by atoms with van der Waals surface area (Å²) in [7, 11) is 2.65. The monoisotopic (exact) mass is 344 g/mol. The molecule has 6 nitrogen and oxygen atoms in total. The van der Waals surface area contributed by atoms with Gasteiger partial charge in [-0.25, -0.2) is 4.79 Å². The maximum absolute atomic E-state index is 11.4. The highest BCUT2D eigenvalue weighted by molar-refractivity contribution is 5.89. The highest BCUT2D eigenvalue weighted by atomic mass is 16.5. The predicted molar refractivity (Wildman–Crippen MR) is 90.6 cm³/mol. The average molecular weight is 344 g/mol. The predicted octanol–water partition coefficient (Wildman–Crippen LogP) is 2.86. The maximum Gasteiger partial charge on any atom is 0.337 e. The number of esters is 2.